The number of carbonyl (C=O) groups excluding carboxylic acids is 1. The van der Waals surface area contributed by atoms with E-state index in [1.165, 1.54) is 0 Å². The van der Waals surface area contributed by atoms with Gasteiger partial charge < -0.3 is 4.79 Å². The molecule has 0 amide bonds. The second kappa shape index (κ2) is 3.34. The molecule has 0 aliphatic rings. The number of halogens is 1. The Kier molecular flexibility index (Phi) is 2.65. The Morgan fingerprint density at radius 1 is 1.36 bits per heavy atom. The molecule has 0 aromatic heterocycles. The van der Waals surface area contributed by atoms with Gasteiger partial charge in [-0.05, 0) is 12.5 Å². The Hall–Kier alpha value is -0.380. The van der Waals surface area contributed by atoms with Crippen LogP contribution in [0.25, 0.3) is 0 Å². The summed E-state index contributed by atoms with van der Waals surface area (Å²) in [7, 11) is 0. The maximum Gasteiger partial charge on any atom is 0.140 e. The zero-order chi connectivity index (χ0) is 8.32. The molecule has 0 saturated carbocycles. The van der Waals surface area contributed by atoms with Gasteiger partial charge in [0.25, 0.3) is 0 Å². The maximum absolute atomic E-state index is 10.6. The summed E-state index contributed by atoms with van der Waals surface area (Å²) in [5, 5.41) is 0. The summed E-state index contributed by atoms with van der Waals surface area (Å²) in [6, 6.07) is 9.74. The van der Waals surface area contributed by atoms with Crippen LogP contribution in [0.4, 0.5) is 0 Å². The Morgan fingerprint density at radius 3 is 2.36 bits per heavy atom. The van der Waals surface area contributed by atoms with E-state index in [0.29, 0.717) is 0 Å². The van der Waals surface area contributed by atoms with Crippen molar-refractivity contribution in [3.63, 3.8) is 0 Å². The second-order valence-corrected chi connectivity index (χ2v) is 4.80. The molecule has 58 valence electrons. The molecule has 0 aliphatic carbocycles. The van der Waals surface area contributed by atoms with Crippen LogP contribution in [0, 0.1) is 0 Å². The first kappa shape index (κ1) is 8.71. The van der Waals surface area contributed by atoms with E-state index in [2.05, 4.69) is 22.6 Å². The second-order valence-electron chi connectivity index (χ2n) is 2.56. The van der Waals surface area contributed by atoms with Crippen LogP contribution >= 0.6 is 22.6 Å². The van der Waals surface area contributed by atoms with E-state index in [1.807, 2.05) is 37.3 Å². The predicted octanol–water partition coefficient (Wildman–Crippen LogP) is 2.54. The van der Waals surface area contributed by atoms with Crippen molar-refractivity contribution in [1.82, 2.24) is 0 Å². The fraction of sp³-hybridized carbons (Fsp3) is 0.222. The van der Waals surface area contributed by atoms with Crippen molar-refractivity contribution in [1.29, 1.82) is 0 Å². The van der Waals surface area contributed by atoms with E-state index >= 15 is 0 Å². The van der Waals surface area contributed by atoms with Gasteiger partial charge in [-0.15, -0.1) is 0 Å². The van der Waals surface area contributed by atoms with Gasteiger partial charge in [-0.1, -0.05) is 52.9 Å². The topological polar surface area (TPSA) is 17.1 Å². The molecule has 11 heavy (non-hydrogen) atoms. The Balaban J connectivity index is 3.02. The average Bonchev–Trinajstić information content (AvgIpc) is 2.06. The monoisotopic (exact) mass is 260 g/mol. The zero-order valence-corrected chi connectivity index (χ0v) is 8.41. The van der Waals surface area contributed by atoms with Crippen LogP contribution in [0.3, 0.4) is 0 Å². The van der Waals surface area contributed by atoms with Gasteiger partial charge in [0.15, 0.2) is 0 Å². The summed E-state index contributed by atoms with van der Waals surface area (Å²) < 4.78 is -0.376. The van der Waals surface area contributed by atoms with Crippen molar-refractivity contribution in [2.75, 3.05) is 0 Å². The molecule has 1 aromatic carbocycles. The first-order valence-corrected chi connectivity index (χ1v) is 4.45. The lowest BCUT2D eigenvalue weighted by molar-refractivity contribution is -0.109. The SMILES string of the molecule is C[C@](I)(C=O)c1ccccc1. The largest absolute Gasteiger partial charge is 0.302 e. The molecule has 0 radical (unpaired) electrons. The number of rotatable bonds is 2. The summed E-state index contributed by atoms with van der Waals surface area (Å²) in [5.74, 6) is 0. The van der Waals surface area contributed by atoms with E-state index in [9.17, 15) is 4.79 Å². The smallest absolute Gasteiger partial charge is 0.140 e. The van der Waals surface area contributed by atoms with Crippen molar-refractivity contribution in [2.24, 2.45) is 0 Å². The van der Waals surface area contributed by atoms with Crippen molar-refractivity contribution in [3.05, 3.63) is 35.9 Å². The summed E-state index contributed by atoms with van der Waals surface area (Å²) in [4.78, 5) is 10.6. The van der Waals surface area contributed by atoms with Crippen molar-refractivity contribution < 1.29 is 4.79 Å². The van der Waals surface area contributed by atoms with Gasteiger partial charge in [0, 0.05) is 0 Å². The zero-order valence-electron chi connectivity index (χ0n) is 6.25. The number of benzene rings is 1. The molecule has 1 rings (SSSR count). The molecule has 1 atom stereocenters. The van der Waals surface area contributed by atoms with E-state index in [0.717, 1.165) is 11.8 Å². The van der Waals surface area contributed by atoms with Gasteiger partial charge in [0.1, 0.15) is 6.29 Å². The van der Waals surface area contributed by atoms with Gasteiger partial charge in [-0.25, -0.2) is 0 Å². The van der Waals surface area contributed by atoms with Crippen LogP contribution in [0.5, 0.6) is 0 Å². The lowest BCUT2D eigenvalue weighted by Crippen LogP contribution is -2.13. The molecular formula is C9H9IO. The van der Waals surface area contributed by atoms with E-state index < -0.39 is 0 Å². The van der Waals surface area contributed by atoms with Gasteiger partial charge in [0.2, 0.25) is 0 Å². The molecule has 0 spiro atoms. The van der Waals surface area contributed by atoms with Crippen LogP contribution in [0.15, 0.2) is 30.3 Å². The Bertz CT molecular complexity index is 241. The maximum atomic E-state index is 10.6. The lowest BCUT2D eigenvalue weighted by Gasteiger charge is -2.14. The van der Waals surface area contributed by atoms with Crippen LogP contribution in [-0.2, 0) is 8.22 Å². The third kappa shape index (κ3) is 2.02. The van der Waals surface area contributed by atoms with Gasteiger partial charge in [0.05, 0.1) is 3.42 Å². The summed E-state index contributed by atoms with van der Waals surface area (Å²) >= 11 is 2.14. The average molecular weight is 260 g/mol. The quantitative estimate of drug-likeness (QED) is 0.453. The molecule has 0 unspecified atom stereocenters. The fourth-order valence-electron chi connectivity index (χ4n) is 0.832. The Labute approximate surface area is 79.9 Å². The first-order chi connectivity index (χ1) is 5.17. The van der Waals surface area contributed by atoms with Crippen LogP contribution in [-0.4, -0.2) is 6.29 Å². The van der Waals surface area contributed by atoms with Gasteiger partial charge in [-0.2, -0.15) is 0 Å². The van der Waals surface area contributed by atoms with E-state index in [-0.39, 0.29) is 3.42 Å². The molecule has 1 nitrogen and oxygen atoms in total. The number of aldehydes is 1. The third-order valence-corrected chi connectivity index (χ3v) is 2.44. The minimum atomic E-state index is -0.376. The molecule has 0 fully saturated rings. The number of hydrogen-bond donors (Lipinski definition) is 0. The molecular weight excluding hydrogens is 251 g/mol. The van der Waals surface area contributed by atoms with Crippen LogP contribution in [0.2, 0.25) is 0 Å². The highest BCUT2D eigenvalue weighted by Crippen LogP contribution is 2.28. The normalized spacial score (nSPS) is 15.5. The molecule has 0 aliphatic heterocycles. The van der Waals surface area contributed by atoms with E-state index in [1.54, 1.807) is 0 Å². The minimum absolute atomic E-state index is 0.376. The Morgan fingerprint density at radius 2 is 1.91 bits per heavy atom. The van der Waals surface area contributed by atoms with Crippen molar-refractivity contribution in [3.8, 4) is 0 Å². The third-order valence-electron chi connectivity index (χ3n) is 1.56. The number of alkyl halides is 1. The van der Waals surface area contributed by atoms with Crippen LogP contribution in [0.1, 0.15) is 12.5 Å². The number of carbonyl (C=O) groups is 1. The minimum Gasteiger partial charge on any atom is -0.302 e. The lowest BCUT2D eigenvalue weighted by atomic mass is 10.0. The highest BCUT2D eigenvalue weighted by atomic mass is 127. The summed E-state index contributed by atoms with van der Waals surface area (Å²) in [6.45, 7) is 1.90. The van der Waals surface area contributed by atoms with Crippen molar-refractivity contribution in [2.45, 2.75) is 10.3 Å². The molecule has 0 bridgehead atoms. The van der Waals surface area contributed by atoms with Gasteiger partial charge >= 0.3 is 0 Å². The first-order valence-electron chi connectivity index (χ1n) is 3.37. The standard InChI is InChI=1S/C9H9IO/c1-9(10,7-11)8-5-3-2-4-6-8/h2-7H,1H3/t9-/m0/s1. The molecule has 1 aromatic rings. The molecule has 0 saturated heterocycles. The fourth-order valence-corrected chi connectivity index (χ4v) is 1.19. The van der Waals surface area contributed by atoms with Crippen molar-refractivity contribution >= 4 is 28.9 Å². The summed E-state index contributed by atoms with van der Waals surface area (Å²) in [5.41, 5.74) is 1.05. The summed E-state index contributed by atoms with van der Waals surface area (Å²) in [6.07, 6.45) is 0.961. The van der Waals surface area contributed by atoms with Gasteiger partial charge in [-0.3, -0.25) is 0 Å². The highest BCUT2D eigenvalue weighted by molar-refractivity contribution is 14.1. The highest BCUT2D eigenvalue weighted by Gasteiger charge is 2.20. The molecule has 0 N–H and O–H groups in total. The van der Waals surface area contributed by atoms with E-state index in [4.69, 9.17) is 0 Å². The molecule has 2 heteroatoms. The molecule has 0 heterocycles. The predicted molar refractivity (Wildman–Crippen MR) is 53.9 cm³/mol. The number of hydrogen-bond acceptors (Lipinski definition) is 1. The van der Waals surface area contributed by atoms with Crippen LogP contribution < -0.4 is 0 Å².